The number of aryl methyl sites for hydroxylation is 3. The maximum Gasteiger partial charge on any atom is 0.408 e. The third kappa shape index (κ3) is 8.72. The molecule has 0 fully saturated rings. The minimum absolute atomic E-state index is 0.290. The van der Waals surface area contributed by atoms with Crippen molar-refractivity contribution in [1.82, 2.24) is 10.2 Å². The predicted molar refractivity (Wildman–Crippen MR) is 148 cm³/mol. The van der Waals surface area contributed by atoms with E-state index in [0.29, 0.717) is 21.8 Å². The molecule has 208 valence electrons. The average molecular weight is 556 g/mol. The van der Waals surface area contributed by atoms with Crippen LogP contribution in [-0.2, 0) is 19.1 Å². The van der Waals surface area contributed by atoms with E-state index < -0.39 is 54.5 Å². The van der Waals surface area contributed by atoms with E-state index in [4.69, 9.17) is 22.1 Å². The Hall–Kier alpha value is -4.10. The summed E-state index contributed by atoms with van der Waals surface area (Å²) in [5.74, 6) is -2.39. The number of para-hydroxylation sites is 1. The number of nitrogens with two attached hydrogens (primary N) is 1. The summed E-state index contributed by atoms with van der Waals surface area (Å²) >= 11 is 6.33. The molecule has 0 bridgehead atoms. The Kier molecular flexibility index (Phi) is 10.5. The van der Waals surface area contributed by atoms with Crippen molar-refractivity contribution in [3.8, 4) is 6.07 Å². The number of nitrogens with zero attached hydrogens (tertiary/aromatic N) is 2. The van der Waals surface area contributed by atoms with Crippen molar-refractivity contribution in [2.45, 2.75) is 65.6 Å². The SMILES string of the molecule is Cc1ccc(C(C(=O)Nc2c(C)cccc2Cl)N(CC#N)C(=O)C(CC(N)=O)NC(=O)OC(C)(C)C)cc1C. The van der Waals surface area contributed by atoms with Gasteiger partial charge in [0.15, 0.2) is 0 Å². The molecule has 2 aromatic carbocycles. The zero-order chi connectivity index (χ0) is 29.5. The number of alkyl carbamates (subject to hydrolysis) is 1. The summed E-state index contributed by atoms with van der Waals surface area (Å²) < 4.78 is 5.23. The zero-order valence-electron chi connectivity index (χ0n) is 22.9. The molecule has 0 heterocycles. The van der Waals surface area contributed by atoms with Crippen LogP contribution in [0.15, 0.2) is 36.4 Å². The van der Waals surface area contributed by atoms with Gasteiger partial charge in [-0.25, -0.2) is 4.79 Å². The van der Waals surface area contributed by atoms with Gasteiger partial charge in [0.1, 0.15) is 24.2 Å². The Morgan fingerprint density at radius 2 is 1.74 bits per heavy atom. The molecule has 2 aromatic rings. The highest BCUT2D eigenvalue weighted by Crippen LogP contribution is 2.30. The van der Waals surface area contributed by atoms with Crippen LogP contribution in [0.5, 0.6) is 0 Å². The molecule has 2 atom stereocenters. The van der Waals surface area contributed by atoms with Gasteiger partial charge in [-0.15, -0.1) is 0 Å². The molecule has 2 unspecified atom stereocenters. The lowest BCUT2D eigenvalue weighted by atomic mass is 9.98. The Morgan fingerprint density at radius 3 is 2.28 bits per heavy atom. The zero-order valence-corrected chi connectivity index (χ0v) is 23.7. The highest BCUT2D eigenvalue weighted by Gasteiger charge is 2.37. The lowest BCUT2D eigenvalue weighted by Crippen LogP contribution is -2.53. The van der Waals surface area contributed by atoms with Crippen molar-refractivity contribution in [1.29, 1.82) is 5.26 Å². The molecule has 0 saturated heterocycles. The van der Waals surface area contributed by atoms with E-state index in [0.717, 1.165) is 16.0 Å². The van der Waals surface area contributed by atoms with Crippen LogP contribution in [0.3, 0.4) is 0 Å². The predicted octanol–water partition coefficient (Wildman–Crippen LogP) is 4.07. The van der Waals surface area contributed by atoms with Crippen LogP contribution < -0.4 is 16.4 Å². The first-order valence-corrected chi connectivity index (χ1v) is 12.6. The standard InChI is InChI=1S/C28H34ClN5O5/c1-16-10-11-19(14-18(16)3)24(25(36)33-23-17(2)8-7-9-20(23)29)34(13-12-30)26(37)21(15-22(31)35)32-27(38)39-28(4,5)6/h7-11,14,21,24H,13,15H2,1-6H3,(H2,31,35)(H,32,38)(H,33,36). The Morgan fingerprint density at radius 1 is 1.08 bits per heavy atom. The minimum Gasteiger partial charge on any atom is -0.444 e. The number of primary amides is 1. The quantitative estimate of drug-likeness (QED) is 0.396. The number of amides is 4. The maximum absolute atomic E-state index is 13.8. The monoisotopic (exact) mass is 555 g/mol. The summed E-state index contributed by atoms with van der Waals surface area (Å²) in [6.07, 6.45) is -1.54. The van der Waals surface area contributed by atoms with Crippen LogP contribution in [0, 0.1) is 32.1 Å². The van der Waals surface area contributed by atoms with Crippen LogP contribution in [0.4, 0.5) is 10.5 Å². The molecule has 11 heteroatoms. The summed E-state index contributed by atoms with van der Waals surface area (Å²) in [5.41, 5.74) is 7.74. The first-order chi connectivity index (χ1) is 18.1. The van der Waals surface area contributed by atoms with E-state index in [1.807, 2.05) is 19.9 Å². The number of nitrogens with one attached hydrogen (secondary N) is 2. The van der Waals surface area contributed by atoms with E-state index in [-0.39, 0.29) is 0 Å². The molecule has 0 aliphatic heterocycles. The maximum atomic E-state index is 13.8. The molecular formula is C28H34ClN5O5. The first kappa shape index (κ1) is 31.1. The number of nitriles is 1. The molecule has 4 N–H and O–H groups in total. The number of hydrogen-bond acceptors (Lipinski definition) is 6. The second-order valence-corrected chi connectivity index (χ2v) is 10.6. The molecule has 4 amide bonds. The summed E-state index contributed by atoms with van der Waals surface area (Å²) in [7, 11) is 0. The van der Waals surface area contributed by atoms with Crippen molar-refractivity contribution >= 4 is 41.1 Å². The largest absolute Gasteiger partial charge is 0.444 e. The lowest BCUT2D eigenvalue weighted by molar-refractivity contribution is -0.141. The lowest BCUT2D eigenvalue weighted by Gasteiger charge is -2.33. The van der Waals surface area contributed by atoms with Crippen LogP contribution in [-0.4, -0.2) is 46.9 Å². The highest BCUT2D eigenvalue weighted by atomic mass is 35.5. The number of carbonyl (C=O) groups is 4. The Labute approximate surface area is 233 Å². The fourth-order valence-electron chi connectivity index (χ4n) is 3.81. The molecule has 10 nitrogen and oxygen atoms in total. The number of rotatable bonds is 9. The number of carbonyl (C=O) groups excluding carboxylic acids is 4. The molecule has 0 aliphatic carbocycles. The van der Waals surface area contributed by atoms with Crippen molar-refractivity contribution in [2.75, 3.05) is 11.9 Å². The number of hydrogen-bond donors (Lipinski definition) is 3. The van der Waals surface area contributed by atoms with Crippen LogP contribution in [0.25, 0.3) is 0 Å². The second-order valence-electron chi connectivity index (χ2n) is 10.2. The number of ether oxygens (including phenoxy) is 1. The summed E-state index contributed by atoms with van der Waals surface area (Å²) in [5, 5.41) is 15.1. The van der Waals surface area contributed by atoms with Crippen LogP contribution in [0.2, 0.25) is 5.02 Å². The first-order valence-electron chi connectivity index (χ1n) is 12.2. The van der Waals surface area contributed by atoms with Crippen LogP contribution in [0.1, 0.15) is 55.5 Å². The smallest absolute Gasteiger partial charge is 0.408 e. The molecule has 0 saturated carbocycles. The molecule has 2 rings (SSSR count). The topological polar surface area (TPSA) is 155 Å². The Bertz CT molecular complexity index is 1280. The summed E-state index contributed by atoms with van der Waals surface area (Å²) in [6, 6.07) is 9.41. The van der Waals surface area contributed by atoms with Gasteiger partial charge in [-0.2, -0.15) is 5.26 Å². The van der Waals surface area contributed by atoms with Crippen molar-refractivity contribution < 1.29 is 23.9 Å². The van der Waals surface area contributed by atoms with Crippen molar-refractivity contribution in [2.24, 2.45) is 5.73 Å². The average Bonchev–Trinajstić information content (AvgIpc) is 2.81. The van der Waals surface area contributed by atoms with Gasteiger partial charge < -0.3 is 26.0 Å². The third-order valence-electron chi connectivity index (χ3n) is 5.80. The van der Waals surface area contributed by atoms with Gasteiger partial charge >= 0.3 is 6.09 Å². The number of halogens is 1. The number of anilines is 1. The molecule has 39 heavy (non-hydrogen) atoms. The van der Waals surface area contributed by atoms with Gasteiger partial charge in [0.25, 0.3) is 5.91 Å². The van der Waals surface area contributed by atoms with E-state index in [9.17, 15) is 24.4 Å². The van der Waals surface area contributed by atoms with Gasteiger partial charge in [-0.3, -0.25) is 14.4 Å². The van der Waals surface area contributed by atoms with Gasteiger partial charge in [0.2, 0.25) is 11.8 Å². The molecule has 0 spiro atoms. The number of benzene rings is 2. The van der Waals surface area contributed by atoms with Crippen LogP contribution >= 0.6 is 11.6 Å². The third-order valence-corrected chi connectivity index (χ3v) is 6.11. The van der Waals surface area contributed by atoms with E-state index in [1.165, 1.54) is 0 Å². The fraction of sp³-hybridized carbons (Fsp3) is 0.393. The second kappa shape index (κ2) is 13.1. The summed E-state index contributed by atoms with van der Waals surface area (Å²) in [6.45, 7) is 9.88. The van der Waals surface area contributed by atoms with Gasteiger partial charge in [-0.05, 0) is 69.9 Å². The van der Waals surface area contributed by atoms with E-state index in [1.54, 1.807) is 64.1 Å². The fourth-order valence-corrected chi connectivity index (χ4v) is 4.08. The molecular weight excluding hydrogens is 522 g/mol. The van der Waals surface area contributed by atoms with Crippen molar-refractivity contribution in [3.63, 3.8) is 0 Å². The van der Waals surface area contributed by atoms with Gasteiger partial charge in [0, 0.05) is 0 Å². The minimum atomic E-state index is -1.49. The Balaban J connectivity index is 2.60. The van der Waals surface area contributed by atoms with E-state index in [2.05, 4.69) is 10.6 Å². The molecule has 0 aliphatic rings. The van der Waals surface area contributed by atoms with Gasteiger partial charge in [-0.1, -0.05) is 41.9 Å². The highest BCUT2D eigenvalue weighted by molar-refractivity contribution is 6.34. The molecule has 0 aromatic heterocycles. The van der Waals surface area contributed by atoms with Gasteiger partial charge in [0.05, 0.1) is 23.2 Å². The normalized spacial score (nSPS) is 12.5. The van der Waals surface area contributed by atoms with E-state index >= 15 is 0 Å². The summed E-state index contributed by atoms with van der Waals surface area (Å²) in [4.78, 5) is 53.0. The molecule has 0 radical (unpaired) electrons. The van der Waals surface area contributed by atoms with Crippen molar-refractivity contribution in [3.05, 3.63) is 63.7 Å².